The van der Waals surface area contributed by atoms with Gasteiger partial charge in [0.1, 0.15) is 0 Å². The van der Waals surface area contributed by atoms with Crippen molar-refractivity contribution in [2.75, 3.05) is 12.8 Å². The van der Waals surface area contributed by atoms with E-state index in [2.05, 4.69) is 65.4 Å². The molecule has 1 aliphatic rings. The van der Waals surface area contributed by atoms with Gasteiger partial charge in [-0.3, -0.25) is 0 Å². The first-order chi connectivity index (χ1) is 9.74. The Labute approximate surface area is 125 Å². The van der Waals surface area contributed by atoms with E-state index in [4.69, 9.17) is 0 Å². The standard InChI is InChI=1S/C17H24N2S/c1-19-12-14(15-7-3-4-8-16(15)19)11-18-13-17(20-2)9-5-6-10-17/h3-4,7-8,12,18H,5-6,9-11,13H2,1-2H3. The fraction of sp³-hybridized carbons (Fsp3) is 0.529. The predicted molar refractivity (Wildman–Crippen MR) is 89.3 cm³/mol. The molecule has 1 aliphatic carbocycles. The third-order valence-electron chi connectivity index (χ3n) is 4.69. The number of benzene rings is 1. The van der Waals surface area contributed by atoms with Crippen molar-refractivity contribution in [1.82, 2.24) is 9.88 Å². The van der Waals surface area contributed by atoms with Crippen LogP contribution in [0.4, 0.5) is 0 Å². The molecule has 0 spiro atoms. The van der Waals surface area contributed by atoms with Gasteiger partial charge in [-0.05, 0) is 30.7 Å². The van der Waals surface area contributed by atoms with Gasteiger partial charge in [0.25, 0.3) is 0 Å². The number of nitrogens with one attached hydrogen (secondary N) is 1. The largest absolute Gasteiger partial charge is 0.350 e. The second-order valence-corrected chi connectivity index (χ2v) is 7.25. The molecule has 1 fully saturated rings. The zero-order chi connectivity index (χ0) is 14.0. The first-order valence-corrected chi connectivity index (χ1v) is 8.75. The number of aromatic nitrogens is 1. The van der Waals surface area contributed by atoms with Gasteiger partial charge in [-0.15, -0.1) is 0 Å². The molecule has 0 bridgehead atoms. The van der Waals surface area contributed by atoms with Crippen molar-refractivity contribution >= 4 is 22.7 Å². The highest BCUT2D eigenvalue weighted by molar-refractivity contribution is 8.00. The maximum Gasteiger partial charge on any atom is 0.0481 e. The molecule has 108 valence electrons. The molecule has 1 saturated carbocycles. The Balaban J connectivity index is 1.68. The SMILES string of the molecule is CSC1(CNCc2cn(C)c3ccccc23)CCCC1. The van der Waals surface area contributed by atoms with Gasteiger partial charge >= 0.3 is 0 Å². The topological polar surface area (TPSA) is 17.0 Å². The maximum atomic E-state index is 3.71. The monoisotopic (exact) mass is 288 g/mol. The number of fused-ring (bicyclic) bond motifs is 1. The summed E-state index contributed by atoms with van der Waals surface area (Å²) < 4.78 is 2.72. The van der Waals surface area contributed by atoms with Crippen molar-refractivity contribution in [3.8, 4) is 0 Å². The molecule has 0 aliphatic heterocycles. The molecule has 1 aromatic heterocycles. The summed E-state index contributed by atoms with van der Waals surface area (Å²) in [5.74, 6) is 0. The highest BCUT2D eigenvalue weighted by atomic mass is 32.2. The zero-order valence-corrected chi connectivity index (χ0v) is 13.3. The third kappa shape index (κ3) is 2.61. The van der Waals surface area contributed by atoms with Crippen LogP contribution in [0.2, 0.25) is 0 Å². The van der Waals surface area contributed by atoms with Crippen LogP contribution in [0, 0.1) is 0 Å². The number of hydrogen-bond acceptors (Lipinski definition) is 2. The van der Waals surface area contributed by atoms with Crippen LogP contribution in [-0.4, -0.2) is 22.1 Å². The molecular formula is C17H24N2S. The van der Waals surface area contributed by atoms with Gasteiger partial charge in [0.05, 0.1) is 0 Å². The van der Waals surface area contributed by atoms with Gasteiger partial charge in [-0.2, -0.15) is 11.8 Å². The average Bonchev–Trinajstić information content (AvgIpc) is 3.06. The van der Waals surface area contributed by atoms with E-state index in [9.17, 15) is 0 Å². The normalized spacial score (nSPS) is 17.9. The van der Waals surface area contributed by atoms with Crippen LogP contribution >= 0.6 is 11.8 Å². The Kier molecular flexibility index (Phi) is 4.08. The van der Waals surface area contributed by atoms with Crippen molar-refractivity contribution in [2.45, 2.75) is 37.0 Å². The van der Waals surface area contributed by atoms with Crippen LogP contribution in [0.3, 0.4) is 0 Å². The van der Waals surface area contributed by atoms with Crippen LogP contribution in [0.5, 0.6) is 0 Å². The summed E-state index contributed by atoms with van der Waals surface area (Å²) in [5, 5.41) is 5.09. The average molecular weight is 288 g/mol. The van der Waals surface area contributed by atoms with Crippen LogP contribution in [0.25, 0.3) is 10.9 Å². The highest BCUT2D eigenvalue weighted by Crippen LogP contribution is 2.39. The van der Waals surface area contributed by atoms with Crippen LogP contribution < -0.4 is 5.32 Å². The van der Waals surface area contributed by atoms with E-state index in [0.29, 0.717) is 4.75 Å². The maximum absolute atomic E-state index is 3.71. The number of para-hydroxylation sites is 1. The lowest BCUT2D eigenvalue weighted by molar-refractivity contribution is 0.534. The zero-order valence-electron chi connectivity index (χ0n) is 12.5. The highest BCUT2D eigenvalue weighted by Gasteiger charge is 2.32. The van der Waals surface area contributed by atoms with Gasteiger partial charge in [-0.25, -0.2) is 0 Å². The van der Waals surface area contributed by atoms with Crippen molar-refractivity contribution in [3.05, 3.63) is 36.0 Å². The minimum Gasteiger partial charge on any atom is -0.350 e. The number of rotatable bonds is 5. The lowest BCUT2D eigenvalue weighted by Crippen LogP contribution is -2.34. The van der Waals surface area contributed by atoms with Crippen LogP contribution in [-0.2, 0) is 13.6 Å². The molecule has 2 nitrogen and oxygen atoms in total. The molecule has 0 radical (unpaired) electrons. The summed E-state index contributed by atoms with van der Waals surface area (Å²) in [6.07, 6.45) is 10.1. The molecule has 1 N–H and O–H groups in total. The Bertz CT molecular complexity index is 582. The van der Waals surface area contributed by atoms with Gasteiger partial charge in [0.2, 0.25) is 0 Å². The van der Waals surface area contributed by atoms with E-state index in [0.717, 1.165) is 13.1 Å². The Morgan fingerprint density at radius 1 is 1.25 bits per heavy atom. The van der Waals surface area contributed by atoms with Crippen LogP contribution in [0.1, 0.15) is 31.2 Å². The summed E-state index contributed by atoms with van der Waals surface area (Å²) in [5.41, 5.74) is 2.74. The second kappa shape index (κ2) is 5.82. The molecule has 0 atom stereocenters. The van der Waals surface area contributed by atoms with Gasteiger partial charge in [0, 0.05) is 42.0 Å². The molecule has 3 heteroatoms. The molecule has 1 aromatic carbocycles. The quantitative estimate of drug-likeness (QED) is 0.897. The summed E-state index contributed by atoms with van der Waals surface area (Å²) >= 11 is 2.06. The molecule has 20 heavy (non-hydrogen) atoms. The summed E-state index contributed by atoms with van der Waals surface area (Å²) in [7, 11) is 2.13. The summed E-state index contributed by atoms with van der Waals surface area (Å²) in [6.45, 7) is 2.11. The Morgan fingerprint density at radius 2 is 2.00 bits per heavy atom. The van der Waals surface area contributed by atoms with E-state index in [1.54, 1.807) is 0 Å². The van der Waals surface area contributed by atoms with Gasteiger partial charge in [0.15, 0.2) is 0 Å². The number of nitrogens with zero attached hydrogens (tertiary/aromatic N) is 1. The molecule has 2 aromatic rings. The Hall–Kier alpha value is -0.930. The minimum atomic E-state index is 0.491. The van der Waals surface area contributed by atoms with E-state index in [-0.39, 0.29) is 0 Å². The third-order valence-corrected chi connectivity index (χ3v) is 6.11. The van der Waals surface area contributed by atoms with Gasteiger partial charge < -0.3 is 9.88 Å². The van der Waals surface area contributed by atoms with E-state index in [1.165, 1.54) is 42.1 Å². The van der Waals surface area contributed by atoms with Crippen molar-refractivity contribution in [2.24, 2.45) is 7.05 Å². The fourth-order valence-electron chi connectivity index (χ4n) is 3.46. The van der Waals surface area contributed by atoms with Crippen molar-refractivity contribution < 1.29 is 0 Å². The van der Waals surface area contributed by atoms with Crippen LogP contribution in [0.15, 0.2) is 30.5 Å². The second-order valence-electron chi connectivity index (χ2n) is 5.98. The summed E-state index contributed by atoms with van der Waals surface area (Å²) in [4.78, 5) is 0. The fourth-order valence-corrected chi connectivity index (χ4v) is 4.41. The van der Waals surface area contributed by atoms with Crippen molar-refractivity contribution in [3.63, 3.8) is 0 Å². The molecule has 1 heterocycles. The van der Waals surface area contributed by atoms with Gasteiger partial charge in [-0.1, -0.05) is 31.0 Å². The molecule has 0 saturated heterocycles. The number of thioether (sulfide) groups is 1. The van der Waals surface area contributed by atoms with E-state index in [1.807, 2.05) is 0 Å². The molecule has 0 unspecified atom stereocenters. The number of aryl methyl sites for hydroxylation is 1. The lowest BCUT2D eigenvalue weighted by Gasteiger charge is -2.27. The molecule has 3 rings (SSSR count). The summed E-state index contributed by atoms with van der Waals surface area (Å²) in [6, 6.07) is 8.67. The smallest absolute Gasteiger partial charge is 0.0481 e. The van der Waals surface area contributed by atoms with E-state index < -0.39 is 0 Å². The first-order valence-electron chi connectivity index (χ1n) is 7.53. The predicted octanol–water partition coefficient (Wildman–Crippen LogP) is 3.94. The first kappa shape index (κ1) is 14.0. The lowest BCUT2D eigenvalue weighted by atomic mass is 10.1. The minimum absolute atomic E-state index is 0.491. The van der Waals surface area contributed by atoms with Crippen molar-refractivity contribution in [1.29, 1.82) is 0 Å². The molecule has 0 amide bonds. The molecular weight excluding hydrogens is 264 g/mol. The van der Waals surface area contributed by atoms with E-state index >= 15 is 0 Å². The number of hydrogen-bond donors (Lipinski definition) is 1. The Morgan fingerprint density at radius 3 is 2.75 bits per heavy atom.